The molecule has 3 rings (SSSR count). The Bertz CT molecular complexity index is 751. The molecule has 0 amide bonds. The molecule has 0 bridgehead atoms. The van der Waals surface area contributed by atoms with Gasteiger partial charge in [-0.2, -0.15) is 0 Å². The van der Waals surface area contributed by atoms with Gasteiger partial charge in [-0.1, -0.05) is 22.9 Å². The van der Waals surface area contributed by atoms with E-state index in [1.165, 1.54) is 0 Å². The first-order valence-electron chi connectivity index (χ1n) is 6.40. The van der Waals surface area contributed by atoms with Crippen molar-refractivity contribution in [3.63, 3.8) is 0 Å². The second kappa shape index (κ2) is 5.67. The topological polar surface area (TPSA) is 77.0 Å². The molecule has 2 heterocycles. The lowest BCUT2D eigenvalue weighted by Gasteiger charge is -1.96. The average molecular weight is 305 g/mol. The Kier molecular flexibility index (Phi) is 3.72. The van der Waals surface area contributed by atoms with Gasteiger partial charge in [-0.15, -0.1) is 5.10 Å². The minimum absolute atomic E-state index is 0.420. The maximum Gasteiger partial charge on any atom is 0.226 e. The molecule has 6 nitrogen and oxygen atoms in total. The number of benzene rings is 1. The molecule has 0 spiro atoms. The van der Waals surface area contributed by atoms with Crippen molar-refractivity contribution in [1.82, 2.24) is 20.0 Å². The number of oxazole rings is 1. The first-order chi connectivity index (χ1) is 10.1. The maximum absolute atomic E-state index is 9.42. The molecule has 7 heteroatoms. The van der Waals surface area contributed by atoms with Crippen LogP contribution in [0.3, 0.4) is 0 Å². The van der Waals surface area contributed by atoms with Gasteiger partial charge in [-0.25, -0.2) is 9.67 Å². The zero-order valence-electron chi connectivity index (χ0n) is 11.3. The minimum atomic E-state index is -0.641. The van der Waals surface area contributed by atoms with Crippen LogP contribution in [-0.4, -0.2) is 25.1 Å². The van der Waals surface area contributed by atoms with Crippen LogP contribution >= 0.6 is 11.6 Å². The van der Waals surface area contributed by atoms with Crippen LogP contribution in [0.4, 0.5) is 0 Å². The van der Waals surface area contributed by atoms with Crippen LogP contribution in [0.1, 0.15) is 24.4 Å². The minimum Gasteiger partial charge on any atom is -0.444 e. The van der Waals surface area contributed by atoms with Crippen molar-refractivity contribution in [1.29, 1.82) is 0 Å². The molecule has 1 N–H and O–H groups in total. The highest BCUT2D eigenvalue weighted by atomic mass is 35.5. The number of aliphatic hydroxyl groups excluding tert-OH is 1. The molecule has 2 aromatic heterocycles. The number of halogens is 1. The fraction of sp³-hybridized carbons (Fsp3) is 0.214. The van der Waals surface area contributed by atoms with E-state index in [1.807, 2.05) is 12.1 Å². The van der Waals surface area contributed by atoms with E-state index in [9.17, 15) is 5.11 Å². The molecule has 0 aliphatic heterocycles. The predicted molar refractivity (Wildman–Crippen MR) is 76.7 cm³/mol. The van der Waals surface area contributed by atoms with Gasteiger partial charge < -0.3 is 9.52 Å². The Morgan fingerprint density at radius 2 is 2.29 bits per heavy atom. The quantitative estimate of drug-likeness (QED) is 0.802. The highest BCUT2D eigenvalue weighted by molar-refractivity contribution is 6.30. The van der Waals surface area contributed by atoms with Gasteiger partial charge in [0.15, 0.2) is 0 Å². The lowest BCUT2D eigenvalue weighted by atomic mass is 10.2. The van der Waals surface area contributed by atoms with E-state index >= 15 is 0 Å². The molecular weight excluding hydrogens is 292 g/mol. The van der Waals surface area contributed by atoms with Crippen molar-refractivity contribution >= 4 is 11.6 Å². The Hall–Kier alpha value is -2.18. The predicted octanol–water partition coefficient (Wildman–Crippen LogP) is 2.69. The smallest absolute Gasteiger partial charge is 0.226 e. The summed E-state index contributed by atoms with van der Waals surface area (Å²) < 4.78 is 7.05. The average Bonchev–Trinajstić information content (AvgIpc) is 3.08. The van der Waals surface area contributed by atoms with Gasteiger partial charge >= 0.3 is 0 Å². The van der Waals surface area contributed by atoms with Crippen molar-refractivity contribution in [3.8, 4) is 11.5 Å². The fourth-order valence-corrected chi connectivity index (χ4v) is 2.07. The van der Waals surface area contributed by atoms with Crippen molar-refractivity contribution in [2.45, 2.75) is 19.6 Å². The molecule has 1 unspecified atom stereocenters. The van der Waals surface area contributed by atoms with Crippen LogP contribution in [0.2, 0.25) is 5.02 Å². The third kappa shape index (κ3) is 3.12. The zero-order chi connectivity index (χ0) is 14.8. The number of rotatable bonds is 4. The molecule has 21 heavy (non-hydrogen) atoms. The molecule has 0 aliphatic rings. The van der Waals surface area contributed by atoms with Gasteiger partial charge in [0.2, 0.25) is 5.89 Å². The summed E-state index contributed by atoms with van der Waals surface area (Å²) in [5, 5.41) is 17.9. The van der Waals surface area contributed by atoms with E-state index in [0.717, 1.165) is 5.56 Å². The van der Waals surface area contributed by atoms with Crippen LogP contribution in [-0.2, 0) is 6.54 Å². The van der Waals surface area contributed by atoms with E-state index in [0.29, 0.717) is 28.8 Å². The third-order valence-electron chi connectivity index (χ3n) is 2.93. The lowest BCUT2D eigenvalue weighted by Crippen LogP contribution is -2.00. The lowest BCUT2D eigenvalue weighted by molar-refractivity contribution is 0.194. The SMILES string of the molecule is CC(O)c1cn(Cc2coc(-c3cccc(Cl)c3)n2)nn1. The van der Waals surface area contributed by atoms with E-state index in [-0.39, 0.29) is 0 Å². The Balaban J connectivity index is 1.78. The van der Waals surface area contributed by atoms with Crippen molar-refractivity contribution < 1.29 is 9.52 Å². The van der Waals surface area contributed by atoms with Gasteiger partial charge in [0.05, 0.1) is 18.8 Å². The number of hydrogen-bond donors (Lipinski definition) is 1. The van der Waals surface area contributed by atoms with E-state index < -0.39 is 6.10 Å². The molecule has 0 fully saturated rings. The summed E-state index contributed by atoms with van der Waals surface area (Å²) in [6, 6.07) is 7.30. The van der Waals surface area contributed by atoms with Crippen LogP contribution in [0, 0.1) is 0 Å². The summed E-state index contributed by atoms with van der Waals surface area (Å²) >= 11 is 5.95. The van der Waals surface area contributed by atoms with Gasteiger partial charge in [0.1, 0.15) is 17.7 Å². The number of nitrogens with zero attached hydrogens (tertiary/aromatic N) is 4. The number of hydrogen-bond acceptors (Lipinski definition) is 5. The fourth-order valence-electron chi connectivity index (χ4n) is 1.88. The second-order valence-electron chi connectivity index (χ2n) is 4.67. The monoisotopic (exact) mass is 304 g/mol. The largest absolute Gasteiger partial charge is 0.444 e. The summed E-state index contributed by atoms with van der Waals surface area (Å²) in [7, 11) is 0. The molecule has 0 saturated heterocycles. The van der Waals surface area contributed by atoms with Crippen LogP contribution < -0.4 is 0 Å². The molecule has 108 valence electrons. The molecule has 1 atom stereocenters. The number of aromatic nitrogens is 4. The zero-order valence-corrected chi connectivity index (χ0v) is 12.0. The summed E-state index contributed by atoms with van der Waals surface area (Å²) in [4.78, 5) is 4.39. The molecule has 3 aromatic rings. The van der Waals surface area contributed by atoms with Crippen LogP contribution in [0.25, 0.3) is 11.5 Å². The summed E-state index contributed by atoms with van der Waals surface area (Å²) in [5.74, 6) is 0.503. The first kappa shape index (κ1) is 13.8. The maximum atomic E-state index is 9.42. The van der Waals surface area contributed by atoms with Gasteiger partial charge in [-0.05, 0) is 25.1 Å². The summed E-state index contributed by atoms with van der Waals surface area (Å²) in [5.41, 5.74) is 2.05. The highest BCUT2D eigenvalue weighted by Crippen LogP contribution is 2.22. The van der Waals surface area contributed by atoms with Gasteiger partial charge in [-0.3, -0.25) is 0 Å². The Morgan fingerprint density at radius 3 is 3.00 bits per heavy atom. The molecular formula is C14H13ClN4O2. The van der Waals surface area contributed by atoms with Crippen molar-refractivity contribution in [3.05, 3.63) is 53.1 Å². The standard InChI is InChI=1S/C14H13ClN4O2/c1-9(20)13-7-19(18-17-13)6-12-8-21-14(16-12)10-3-2-4-11(15)5-10/h2-5,7-9,20H,6H2,1H3. The van der Waals surface area contributed by atoms with Crippen molar-refractivity contribution in [2.75, 3.05) is 0 Å². The highest BCUT2D eigenvalue weighted by Gasteiger charge is 2.10. The normalized spacial score (nSPS) is 12.5. The molecule has 0 aliphatic carbocycles. The Morgan fingerprint density at radius 1 is 1.43 bits per heavy atom. The molecule has 0 radical (unpaired) electrons. The second-order valence-corrected chi connectivity index (χ2v) is 5.11. The van der Waals surface area contributed by atoms with Crippen molar-refractivity contribution in [2.24, 2.45) is 0 Å². The van der Waals surface area contributed by atoms with Crippen LogP contribution in [0.5, 0.6) is 0 Å². The van der Waals surface area contributed by atoms with E-state index in [1.54, 1.807) is 36.2 Å². The first-order valence-corrected chi connectivity index (χ1v) is 6.78. The molecule has 0 saturated carbocycles. The Labute approximate surface area is 126 Å². The van der Waals surface area contributed by atoms with E-state index in [2.05, 4.69) is 15.3 Å². The van der Waals surface area contributed by atoms with Gasteiger partial charge in [0, 0.05) is 10.6 Å². The summed E-state index contributed by atoms with van der Waals surface area (Å²) in [6.07, 6.45) is 2.61. The number of aliphatic hydroxyl groups is 1. The van der Waals surface area contributed by atoms with Crippen LogP contribution in [0.15, 0.2) is 41.1 Å². The molecule has 1 aromatic carbocycles. The third-order valence-corrected chi connectivity index (χ3v) is 3.17. The van der Waals surface area contributed by atoms with E-state index in [4.69, 9.17) is 16.0 Å². The van der Waals surface area contributed by atoms with Gasteiger partial charge in [0.25, 0.3) is 0 Å². The summed E-state index contributed by atoms with van der Waals surface area (Å²) in [6.45, 7) is 2.06.